The van der Waals surface area contributed by atoms with Gasteiger partial charge in [-0.3, -0.25) is 9.59 Å². The number of carbonyl (C=O) groups excluding carboxylic acids is 2. The number of hydrogen-bond acceptors (Lipinski definition) is 5. The first-order chi connectivity index (χ1) is 21.0. The van der Waals surface area contributed by atoms with Crippen molar-refractivity contribution < 1.29 is 14.3 Å². The summed E-state index contributed by atoms with van der Waals surface area (Å²) in [5.41, 5.74) is 3.76. The highest BCUT2D eigenvalue weighted by Gasteiger charge is 2.30. The van der Waals surface area contributed by atoms with Crippen LogP contribution >= 0.6 is 0 Å². The number of para-hydroxylation sites is 2. The minimum atomic E-state index is -0.0412. The molecule has 7 heteroatoms. The van der Waals surface area contributed by atoms with Crippen molar-refractivity contribution in [3.05, 3.63) is 115 Å². The van der Waals surface area contributed by atoms with Crippen LogP contribution in [0.15, 0.2) is 97.6 Å². The molecule has 1 aliphatic rings. The molecule has 0 bridgehead atoms. The summed E-state index contributed by atoms with van der Waals surface area (Å²) in [6.07, 6.45) is 4.31. The number of likely N-dealkylation sites (tertiary alicyclic amines) is 1. The molecule has 0 radical (unpaired) electrons. The molecular formula is C36H42N4O3. The number of fused-ring (bicyclic) bond motifs is 1. The third-order valence-corrected chi connectivity index (χ3v) is 8.45. The van der Waals surface area contributed by atoms with E-state index < -0.39 is 0 Å². The number of ketones is 1. The number of carbonyl (C=O) groups is 2. The molecule has 43 heavy (non-hydrogen) atoms. The van der Waals surface area contributed by atoms with E-state index in [9.17, 15) is 9.59 Å². The van der Waals surface area contributed by atoms with Crippen LogP contribution in [0.5, 0.6) is 0 Å². The van der Waals surface area contributed by atoms with Gasteiger partial charge < -0.3 is 19.1 Å². The summed E-state index contributed by atoms with van der Waals surface area (Å²) in [7, 11) is 1.89. The van der Waals surface area contributed by atoms with Crippen molar-refractivity contribution in [2.24, 2.45) is 5.92 Å². The second-order valence-electron chi connectivity index (χ2n) is 11.4. The molecule has 0 saturated carbocycles. The quantitative estimate of drug-likeness (QED) is 0.103. The third kappa shape index (κ3) is 7.66. The number of hydrogen-bond donors (Lipinski definition) is 0. The molecule has 1 aromatic heterocycles. The van der Waals surface area contributed by atoms with Crippen LogP contribution in [0, 0.1) is 5.92 Å². The predicted octanol–water partition coefficient (Wildman–Crippen LogP) is 6.08. The van der Waals surface area contributed by atoms with E-state index in [0.717, 1.165) is 49.9 Å². The van der Waals surface area contributed by atoms with Gasteiger partial charge >= 0.3 is 0 Å². The number of nitrogens with zero attached hydrogens (tertiary/aromatic N) is 4. The maximum atomic E-state index is 13.7. The largest absolute Gasteiger partial charge is 0.376 e. The summed E-state index contributed by atoms with van der Waals surface area (Å²) in [5, 5.41) is 0. The minimum Gasteiger partial charge on any atom is -0.376 e. The van der Waals surface area contributed by atoms with Gasteiger partial charge in [0.2, 0.25) is 5.78 Å². The zero-order chi connectivity index (χ0) is 30.0. The van der Waals surface area contributed by atoms with Gasteiger partial charge in [0.15, 0.2) is 5.82 Å². The number of imidazole rings is 1. The number of benzene rings is 3. The van der Waals surface area contributed by atoms with E-state index in [1.807, 2.05) is 77.2 Å². The Labute approximate surface area is 254 Å². The molecule has 2 heterocycles. The molecule has 1 unspecified atom stereocenters. The Morgan fingerprint density at radius 2 is 1.65 bits per heavy atom. The average molecular weight is 579 g/mol. The molecule has 0 aliphatic carbocycles. The zero-order valence-corrected chi connectivity index (χ0v) is 25.1. The molecule has 4 aromatic rings. The second-order valence-corrected chi connectivity index (χ2v) is 11.4. The smallest absolute Gasteiger partial charge is 0.253 e. The molecule has 7 nitrogen and oxygen atoms in total. The molecule has 224 valence electrons. The minimum absolute atomic E-state index is 0.0409. The van der Waals surface area contributed by atoms with E-state index in [4.69, 9.17) is 9.72 Å². The molecule has 0 spiro atoms. The fourth-order valence-electron chi connectivity index (χ4n) is 6.06. The Hall–Kier alpha value is -4.07. The number of ether oxygens (including phenoxy) is 1. The summed E-state index contributed by atoms with van der Waals surface area (Å²) in [6.45, 7) is 8.60. The maximum Gasteiger partial charge on any atom is 0.253 e. The monoisotopic (exact) mass is 578 g/mol. The Kier molecular flexibility index (Phi) is 10.5. The number of amides is 1. The topological polar surface area (TPSA) is 67.7 Å². The number of Topliss-reactive ketones (excluding diaryl/α,β-unsaturated/α-hetero) is 1. The van der Waals surface area contributed by atoms with E-state index in [0.29, 0.717) is 37.7 Å². The average Bonchev–Trinajstić information content (AvgIpc) is 3.43. The lowest BCUT2D eigenvalue weighted by atomic mass is 9.90. The van der Waals surface area contributed by atoms with Gasteiger partial charge in [-0.25, -0.2) is 4.98 Å². The SMILES string of the molecule is C=CCOCCn1c(C(=O)C2CCN(CCC(CN(C)C(=O)c3ccccc3)c3ccccc3)CC2)nc2ccccc21. The fraction of sp³-hybridized carbons (Fsp3) is 0.361. The van der Waals surface area contributed by atoms with E-state index in [2.05, 4.69) is 35.7 Å². The van der Waals surface area contributed by atoms with Gasteiger partial charge in [0.25, 0.3) is 5.91 Å². The number of rotatable bonds is 14. The molecule has 3 aromatic carbocycles. The second kappa shape index (κ2) is 14.9. The summed E-state index contributed by atoms with van der Waals surface area (Å²) >= 11 is 0. The standard InChI is InChI=1S/C36H42N4O3/c1-3-25-43-26-24-40-33-17-11-10-16-32(33)37-35(40)34(41)29-18-21-39(22-19-29)23-20-31(28-12-6-4-7-13-28)27-38(2)36(42)30-14-8-5-9-15-30/h3-17,29,31H,1,18-27H2,2H3. The van der Waals surface area contributed by atoms with E-state index >= 15 is 0 Å². The highest BCUT2D eigenvalue weighted by atomic mass is 16.5. The zero-order valence-electron chi connectivity index (χ0n) is 25.1. The number of aromatic nitrogens is 2. The van der Waals surface area contributed by atoms with Gasteiger partial charge in [0.1, 0.15) is 0 Å². The van der Waals surface area contributed by atoms with E-state index in [-0.39, 0.29) is 23.5 Å². The summed E-state index contributed by atoms with van der Waals surface area (Å²) < 4.78 is 7.65. The third-order valence-electron chi connectivity index (χ3n) is 8.45. The molecule has 1 fully saturated rings. The highest BCUT2D eigenvalue weighted by molar-refractivity contribution is 5.98. The van der Waals surface area contributed by atoms with Crippen molar-refractivity contribution in [3.8, 4) is 0 Å². The normalized spacial score (nSPS) is 14.9. The molecule has 1 amide bonds. The summed E-state index contributed by atoms with van der Waals surface area (Å²) in [4.78, 5) is 35.9. The van der Waals surface area contributed by atoms with E-state index in [1.54, 1.807) is 6.08 Å². The molecule has 0 N–H and O–H groups in total. The molecule has 1 aliphatic heterocycles. The van der Waals surface area contributed by atoms with Crippen LogP contribution in [0.25, 0.3) is 11.0 Å². The lowest BCUT2D eigenvalue weighted by Crippen LogP contribution is -2.38. The first-order valence-electron chi connectivity index (χ1n) is 15.3. The molecule has 1 atom stereocenters. The maximum absolute atomic E-state index is 13.7. The van der Waals surface area contributed by atoms with Crippen LogP contribution in [-0.2, 0) is 11.3 Å². The van der Waals surface area contributed by atoms with Crippen molar-refractivity contribution in [3.63, 3.8) is 0 Å². The van der Waals surface area contributed by atoms with Gasteiger partial charge in [-0.15, -0.1) is 6.58 Å². The lowest BCUT2D eigenvalue weighted by Gasteiger charge is -2.33. The van der Waals surface area contributed by atoms with Crippen molar-refractivity contribution >= 4 is 22.7 Å². The Bertz CT molecular complexity index is 1490. The van der Waals surface area contributed by atoms with Crippen molar-refractivity contribution in [1.29, 1.82) is 0 Å². The van der Waals surface area contributed by atoms with Crippen LogP contribution in [0.4, 0.5) is 0 Å². The molecular weight excluding hydrogens is 536 g/mol. The fourth-order valence-corrected chi connectivity index (χ4v) is 6.06. The van der Waals surface area contributed by atoms with Crippen LogP contribution in [0.1, 0.15) is 51.7 Å². The van der Waals surface area contributed by atoms with Gasteiger partial charge in [0, 0.05) is 37.5 Å². The number of likely N-dealkylation sites (N-methyl/N-ethyl adjacent to an activating group) is 1. The lowest BCUT2D eigenvalue weighted by molar-refractivity contribution is 0.0779. The van der Waals surface area contributed by atoms with Gasteiger partial charge in [-0.1, -0.05) is 66.7 Å². The van der Waals surface area contributed by atoms with Gasteiger partial charge in [-0.05, 0) is 68.7 Å². The van der Waals surface area contributed by atoms with Crippen LogP contribution < -0.4 is 0 Å². The summed E-state index contributed by atoms with van der Waals surface area (Å²) in [5.74, 6) is 0.890. The van der Waals surface area contributed by atoms with Crippen LogP contribution in [-0.4, -0.2) is 77.5 Å². The number of piperidine rings is 1. The predicted molar refractivity (Wildman–Crippen MR) is 171 cm³/mol. The molecule has 5 rings (SSSR count). The Morgan fingerprint density at radius 1 is 0.977 bits per heavy atom. The first-order valence-corrected chi connectivity index (χ1v) is 15.3. The first kappa shape index (κ1) is 30.4. The Morgan fingerprint density at radius 3 is 2.37 bits per heavy atom. The van der Waals surface area contributed by atoms with Crippen molar-refractivity contribution in [2.45, 2.75) is 31.7 Å². The molecule has 1 saturated heterocycles. The van der Waals surface area contributed by atoms with Crippen molar-refractivity contribution in [1.82, 2.24) is 19.4 Å². The van der Waals surface area contributed by atoms with Crippen LogP contribution in [0.2, 0.25) is 0 Å². The van der Waals surface area contributed by atoms with E-state index in [1.165, 1.54) is 5.56 Å². The highest BCUT2D eigenvalue weighted by Crippen LogP contribution is 2.27. The van der Waals surface area contributed by atoms with Crippen molar-refractivity contribution in [2.75, 3.05) is 46.4 Å². The van der Waals surface area contributed by atoms with Gasteiger partial charge in [0.05, 0.1) is 24.2 Å². The Balaban J connectivity index is 1.19. The summed E-state index contributed by atoms with van der Waals surface area (Å²) in [6, 6.07) is 27.9. The van der Waals surface area contributed by atoms with Gasteiger partial charge in [-0.2, -0.15) is 0 Å². The van der Waals surface area contributed by atoms with Crippen LogP contribution in [0.3, 0.4) is 0 Å².